The van der Waals surface area contributed by atoms with Crippen molar-refractivity contribution < 1.29 is 4.79 Å². The van der Waals surface area contributed by atoms with Crippen molar-refractivity contribution in [2.75, 3.05) is 32.7 Å². The van der Waals surface area contributed by atoms with E-state index in [1.165, 1.54) is 48.2 Å². The summed E-state index contributed by atoms with van der Waals surface area (Å²) < 4.78 is 0. The molecule has 0 N–H and O–H groups in total. The minimum atomic E-state index is 0.185. The molecule has 164 valence electrons. The summed E-state index contributed by atoms with van der Waals surface area (Å²) in [6, 6.07) is 15.2. The summed E-state index contributed by atoms with van der Waals surface area (Å²) in [4.78, 5) is 16.2. The van der Waals surface area contributed by atoms with E-state index < -0.39 is 0 Å². The Morgan fingerprint density at radius 3 is 2.42 bits per heavy atom. The topological polar surface area (TPSA) is 23.6 Å². The van der Waals surface area contributed by atoms with Crippen LogP contribution >= 0.6 is 11.6 Å². The van der Waals surface area contributed by atoms with Crippen LogP contribution in [0.5, 0.6) is 0 Å². The molecule has 0 spiro atoms. The van der Waals surface area contributed by atoms with Crippen LogP contribution in [-0.4, -0.2) is 48.4 Å². The maximum atomic E-state index is 11.7. The number of likely N-dealkylation sites (tertiary alicyclic amines) is 1. The number of nitrogens with zero attached hydrogens (tertiary/aromatic N) is 2. The Balaban J connectivity index is 1.23. The predicted octanol–water partition coefficient (Wildman–Crippen LogP) is 5.57. The molecule has 2 aromatic carbocycles. The molecule has 31 heavy (non-hydrogen) atoms. The Kier molecular flexibility index (Phi) is 7.47. The molecule has 3 nitrogen and oxygen atoms in total. The van der Waals surface area contributed by atoms with Gasteiger partial charge < -0.3 is 9.80 Å². The van der Waals surface area contributed by atoms with Crippen molar-refractivity contribution in [1.29, 1.82) is 0 Å². The van der Waals surface area contributed by atoms with E-state index in [4.69, 9.17) is 11.6 Å². The lowest BCUT2D eigenvalue weighted by molar-refractivity contribution is -0.128. The van der Waals surface area contributed by atoms with Crippen LogP contribution in [0.15, 0.2) is 48.5 Å². The number of piperidine rings is 1. The maximum Gasteiger partial charge on any atom is 0.219 e. The highest BCUT2D eigenvalue weighted by Crippen LogP contribution is 2.29. The first kappa shape index (κ1) is 22.1. The van der Waals surface area contributed by atoms with Crippen LogP contribution in [0.25, 0.3) is 6.08 Å². The van der Waals surface area contributed by atoms with Gasteiger partial charge in [-0.3, -0.25) is 4.79 Å². The van der Waals surface area contributed by atoms with Crippen molar-refractivity contribution in [3.8, 4) is 0 Å². The van der Waals surface area contributed by atoms with E-state index in [9.17, 15) is 4.79 Å². The van der Waals surface area contributed by atoms with Crippen LogP contribution in [0.2, 0.25) is 5.02 Å². The molecular weight excluding hydrogens is 404 g/mol. The first-order chi connectivity index (χ1) is 15.1. The molecule has 0 radical (unpaired) electrons. The van der Waals surface area contributed by atoms with Gasteiger partial charge >= 0.3 is 0 Å². The Labute approximate surface area is 191 Å². The molecule has 0 bridgehead atoms. The van der Waals surface area contributed by atoms with Gasteiger partial charge in [0.25, 0.3) is 0 Å². The summed E-state index contributed by atoms with van der Waals surface area (Å²) >= 11 is 6.02. The minimum Gasteiger partial charge on any atom is -0.342 e. The second-order valence-corrected chi connectivity index (χ2v) is 9.33. The Morgan fingerprint density at radius 2 is 1.71 bits per heavy atom. The van der Waals surface area contributed by atoms with Crippen LogP contribution in [0.1, 0.15) is 54.4 Å². The molecule has 0 aliphatic carbocycles. The van der Waals surface area contributed by atoms with Crippen molar-refractivity contribution in [2.24, 2.45) is 0 Å². The highest BCUT2D eigenvalue weighted by Gasteiger charge is 2.20. The summed E-state index contributed by atoms with van der Waals surface area (Å²) in [6.07, 6.45) is 10.0. The van der Waals surface area contributed by atoms with Crippen molar-refractivity contribution in [3.05, 3.63) is 75.8 Å². The fourth-order valence-corrected chi connectivity index (χ4v) is 4.99. The Morgan fingerprint density at radius 1 is 1.00 bits per heavy atom. The molecule has 0 saturated carbocycles. The Bertz CT molecular complexity index is 913. The highest BCUT2D eigenvalue weighted by atomic mass is 35.5. The lowest BCUT2D eigenvalue weighted by Gasteiger charge is -2.32. The molecule has 4 heteroatoms. The maximum absolute atomic E-state index is 11.7. The van der Waals surface area contributed by atoms with Gasteiger partial charge in [0, 0.05) is 31.6 Å². The van der Waals surface area contributed by atoms with Gasteiger partial charge in [-0.25, -0.2) is 0 Å². The molecule has 2 aliphatic heterocycles. The van der Waals surface area contributed by atoms with E-state index in [0.29, 0.717) is 5.92 Å². The molecule has 0 atom stereocenters. The van der Waals surface area contributed by atoms with Gasteiger partial charge in [-0.1, -0.05) is 54.1 Å². The van der Waals surface area contributed by atoms with E-state index in [1.807, 2.05) is 17.0 Å². The largest absolute Gasteiger partial charge is 0.342 e. The van der Waals surface area contributed by atoms with Crippen LogP contribution in [0, 0.1) is 0 Å². The van der Waals surface area contributed by atoms with E-state index in [1.54, 1.807) is 6.92 Å². The lowest BCUT2D eigenvalue weighted by atomic mass is 9.89. The monoisotopic (exact) mass is 436 g/mol. The van der Waals surface area contributed by atoms with E-state index >= 15 is 0 Å². The number of rotatable bonds is 5. The zero-order valence-corrected chi connectivity index (χ0v) is 19.3. The van der Waals surface area contributed by atoms with Crippen LogP contribution in [-0.2, 0) is 17.6 Å². The summed E-state index contributed by atoms with van der Waals surface area (Å²) in [7, 11) is 0. The SMILES string of the molecule is CC(=O)N1CCc2ccc(/C=C/CCN3CCC(c4ccc(Cl)cc4)CC3)cc2CC1. The molecule has 2 heterocycles. The number of carbonyl (C=O) groups excluding carboxylic acids is 1. The summed E-state index contributed by atoms with van der Waals surface area (Å²) in [5, 5.41) is 0.820. The fourth-order valence-electron chi connectivity index (χ4n) is 4.87. The van der Waals surface area contributed by atoms with Gasteiger partial charge in [-0.05, 0) is 85.5 Å². The number of hydrogen-bond acceptors (Lipinski definition) is 2. The van der Waals surface area contributed by atoms with E-state index in [0.717, 1.165) is 43.9 Å². The molecule has 0 unspecified atom stereocenters. The van der Waals surface area contributed by atoms with Crippen molar-refractivity contribution in [3.63, 3.8) is 0 Å². The van der Waals surface area contributed by atoms with E-state index in [2.05, 4.69) is 47.4 Å². The molecule has 4 rings (SSSR count). The van der Waals surface area contributed by atoms with Crippen molar-refractivity contribution >= 4 is 23.6 Å². The third kappa shape index (κ3) is 5.99. The highest BCUT2D eigenvalue weighted by molar-refractivity contribution is 6.30. The zero-order valence-electron chi connectivity index (χ0n) is 18.5. The van der Waals surface area contributed by atoms with E-state index in [-0.39, 0.29) is 5.91 Å². The molecule has 1 saturated heterocycles. The average Bonchev–Trinajstić information content (AvgIpc) is 3.00. The number of amides is 1. The normalized spacial score (nSPS) is 18.2. The first-order valence-electron chi connectivity index (χ1n) is 11.6. The molecule has 2 aromatic rings. The number of fused-ring (bicyclic) bond motifs is 1. The van der Waals surface area contributed by atoms with Gasteiger partial charge in [-0.15, -0.1) is 0 Å². The molecule has 0 aromatic heterocycles. The molecular formula is C27H33ClN2O. The third-order valence-electron chi connectivity index (χ3n) is 6.83. The standard InChI is InChI=1S/C27H33ClN2O/c1-21(31)30-18-13-24-6-5-22(20-26(24)14-19-30)4-2-3-15-29-16-11-25(12-17-29)23-7-9-27(28)10-8-23/h2,4-10,20,25H,3,11-19H2,1H3/b4-2+. The molecule has 1 fully saturated rings. The molecule has 2 aliphatic rings. The third-order valence-corrected chi connectivity index (χ3v) is 7.08. The Hall–Kier alpha value is -2.10. The van der Waals surface area contributed by atoms with Gasteiger partial charge in [-0.2, -0.15) is 0 Å². The van der Waals surface area contributed by atoms with Gasteiger partial charge in [0.2, 0.25) is 5.91 Å². The quantitative estimate of drug-likeness (QED) is 0.611. The summed E-state index contributed by atoms with van der Waals surface area (Å²) in [5.41, 5.74) is 5.50. The van der Waals surface area contributed by atoms with Crippen LogP contribution in [0.3, 0.4) is 0 Å². The van der Waals surface area contributed by atoms with Gasteiger partial charge in [0.15, 0.2) is 0 Å². The van der Waals surface area contributed by atoms with Gasteiger partial charge in [0.05, 0.1) is 0 Å². The summed E-state index contributed by atoms with van der Waals surface area (Å²) in [6.45, 7) is 6.82. The van der Waals surface area contributed by atoms with Crippen molar-refractivity contribution in [2.45, 2.75) is 44.9 Å². The average molecular weight is 437 g/mol. The second-order valence-electron chi connectivity index (χ2n) is 8.89. The van der Waals surface area contributed by atoms with Gasteiger partial charge in [0.1, 0.15) is 0 Å². The number of benzene rings is 2. The minimum absolute atomic E-state index is 0.185. The number of hydrogen-bond donors (Lipinski definition) is 0. The summed E-state index contributed by atoms with van der Waals surface area (Å²) in [5.74, 6) is 0.854. The number of halogens is 1. The number of carbonyl (C=O) groups is 1. The second kappa shape index (κ2) is 10.5. The zero-order chi connectivity index (χ0) is 21.6. The first-order valence-corrected chi connectivity index (χ1v) is 12.0. The van der Waals surface area contributed by atoms with Crippen LogP contribution < -0.4 is 0 Å². The predicted molar refractivity (Wildman–Crippen MR) is 130 cm³/mol. The molecule has 1 amide bonds. The lowest BCUT2D eigenvalue weighted by Crippen LogP contribution is -2.33. The van der Waals surface area contributed by atoms with Crippen LogP contribution in [0.4, 0.5) is 0 Å². The fraction of sp³-hybridized carbons (Fsp3) is 0.444. The van der Waals surface area contributed by atoms with Crippen molar-refractivity contribution in [1.82, 2.24) is 9.80 Å². The smallest absolute Gasteiger partial charge is 0.219 e.